The molecule has 2 atom stereocenters. The molecule has 0 aliphatic heterocycles. The summed E-state index contributed by atoms with van der Waals surface area (Å²) in [4.78, 5) is 12.3. The fourth-order valence-corrected chi connectivity index (χ4v) is 2.21. The van der Waals surface area contributed by atoms with Gasteiger partial charge < -0.3 is 19.6 Å². The first-order chi connectivity index (χ1) is 10.9. The Morgan fingerprint density at radius 3 is 2.70 bits per heavy atom. The van der Waals surface area contributed by atoms with E-state index in [9.17, 15) is 9.90 Å². The molecule has 2 N–H and O–H groups in total. The van der Waals surface area contributed by atoms with Crippen molar-refractivity contribution in [1.29, 1.82) is 0 Å². The van der Waals surface area contributed by atoms with Crippen molar-refractivity contribution in [2.24, 2.45) is 0 Å². The molecule has 1 heterocycles. The fourth-order valence-electron chi connectivity index (χ4n) is 2.21. The molecule has 2 aromatic rings. The van der Waals surface area contributed by atoms with Crippen molar-refractivity contribution in [3.8, 4) is 5.75 Å². The van der Waals surface area contributed by atoms with E-state index in [1.54, 1.807) is 19.1 Å². The average molecular weight is 317 g/mol. The maximum atomic E-state index is 12.3. The highest BCUT2D eigenvalue weighted by Crippen LogP contribution is 2.21. The Morgan fingerprint density at radius 2 is 2.09 bits per heavy atom. The zero-order valence-corrected chi connectivity index (χ0v) is 13.7. The molecule has 0 spiro atoms. The van der Waals surface area contributed by atoms with Gasteiger partial charge in [-0.1, -0.05) is 25.1 Å². The molecule has 2 rings (SSSR count). The zero-order valence-electron chi connectivity index (χ0n) is 13.7. The summed E-state index contributed by atoms with van der Waals surface area (Å²) < 4.78 is 11.0. The van der Waals surface area contributed by atoms with Crippen LogP contribution in [0, 0.1) is 6.92 Å². The van der Waals surface area contributed by atoms with Crippen LogP contribution in [0.2, 0.25) is 0 Å². The summed E-state index contributed by atoms with van der Waals surface area (Å²) in [7, 11) is 0. The van der Waals surface area contributed by atoms with Gasteiger partial charge in [-0.25, -0.2) is 0 Å². The van der Waals surface area contributed by atoms with Gasteiger partial charge in [-0.2, -0.15) is 0 Å². The molecular weight excluding hydrogens is 294 g/mol. The van der Waals surface area contributed by atoms with Gasteiger partial charge in [0.2, 0.25) is 0 Å². The standard InChI is InChI=1S/C18H23NO4/c1-4-14(23-15-9-6-5-8-13(15)2)17(20)19-12-18(3,21)16-10-7-11-22-16/h5-11,14,21H,4,12H2,1-3H3,(H,19,20). The first-order valence-electron chi connectivity index (χ1n) is 7.70. The van der Waals surface area contributed by atoms with E-state index >= 15 is 0 Å². The van der Waals surface area contributed by atoms with Crippen LogP contribution in [0.1, 0.15) is 31.6 Å². The van der Waals surface area contributed by atoms with Crippen LogP contribution in [0.3, 0.4) is 0 Å². The third kappa shape index (κ3) is 4.36. The molecule has 1 aromatic carbocycles. The smallest absolute Gasteiger partial charge is 0.261 e. The molecule has 2 unspecified atom stereocenters. The molecule has 5 nitrogen and oxygen atoms in total. The molecule has 0 saturated carbocycles. The Hall–Kier alpha value is -2.27. The van der Waals surface area contributed by atoms with E-state index in [0.717, 1.165) is 5.56 Å². The van der Waals surface area contributed by atoms with E-state index in [-0.39, 0.29) is 12.5 Å². The molecule has 1 aromatic heterocycles. The third-order valence-electron chi connectivity index (χ3n) is 3.68. The van der Waals surface area contributed by atoms with Crippen LogP contribution in [-0.4, -0.2) is 23.7 Å². The Morgan fingerprint density at radius 1 is 1.35 bits per heavy atom. The number of hydrogen-bond donors (Lipinski definition) is 2. The van der Waals surface area contributed by atoms with Gasteiger partial charge in [-0.15, -0.1) is 0 Å². The second kappa shape index (κ2) is 7.33. The summed E-state index contributed by atoms with van der Waals surface area (Å²) in [6.45, 7) is 5.46. The van der Waals surface area contributed by atoms with E-state index in [4.69, 9.17) is 9.15 Å². The molecule has 0 bridgehead atoms. The van der Waals surface area contributed by atoms with Crippen LogP contribution in [0.5, 0.6) is 5.75 Å². The summed E-state index contributed by atoms with van der Waals surface area (Å²) in [6, 6.07) is 10.9. The minimum Gasteiger partial charge on any atom is -0.480 e. The van der Waals surface area contributed by atoms with Crippen molar-refractivity contribution < 1.29 is 19.1 Å². The van der Waals surface area contributed by atoms with E-state index in [2.05, 4.69) is 5.32 Å². The van der Waals surface area contributed by atoms with Gasteiger partial charge in [0, 0.05) is 0 Å². The predicted molar refractivity (Wildman–Crippen MR) is 87.2 cm³/mol. The topological polar surface area (TPSA) is 71.7 Å². The SMILES string of the molecule is CCC(Oc1ccccc1C)C(=O)NCC(C)(O)c1ccco1. The van der Waals surface area contributed by atoms with Crippen molar-refractivity contribution in [2.75, 3.05) is 6.54 Å². The van der Waals surface area contributed by atoms with Gasteiger partial charge in [0.15, 0.2) is 6.10 Å². The van der Waals surface area contributed by atoms with Gasteiger partial charge in [0.05, 0.1) is 12.8 Å². The fraction of sp³-hybridized carbons (Fsp3) is 0.389. The molecular formula is C18H23NO4. The predicted octanol–water partition coefficient (Wildman–Crippen LogP) is 2.77. The maximum absolute atomic E-state index is 12.3. The van der Waals surface area contributed by atoms with Crippen LogP contribution in [-0.2, 0) is 10.4 Å². The quantitative estimate of drug-likeness (QED) is 0.823. The number of ether oxygens (including phenoxy) is 1. The molecule has 0 radical (unpaired) electrons. The normalized spacial score (nSPS) is 14.8. The molecule has 0 saturated heterocycles. The Kier molecular flexibility index (Phi) is 5.45. The maximum Gasteiger partial charge on any atom is 0.261 e. The molecule has 5 heteroatoms. The summed E-state index contributed by atoms with van der Waals surface area (Å²) in [6.07, 6.45) is 1.41. The van der Waals surface area contributed by atoms with Gasteiger partial charge in [-0.3, -0.25) is 4.79 Å². The average Bonchev–Trinajstić information content (AvgIpc) is 3.07. The highest BCUT2D eigenvalue weighted by atomic mass is 16.5. The van der Waals surface area contributed by atoms with Crippen LogP contribution in [0.15, 0.2) is 47.1 Å². The van der Waals surface area contributed by atoms with Crippen LogP contribution >= 0.6 is 0 Å². The highest BCUT2D eigenvalue weighted by molar-refractivity contribution is 5.81. The molecule has 1 amide bonds. The highest BCUT2D eigenvalue weighted by Gasteiger charge is 2.28. The van der Waals surface area contributed by atoms with Gasteiger partial charge in [0.1, 0.15) is 17.1 Å². The van der Waals surface area contributed by atoms with Crippen LogP contribution in [0.4, 0.5) is 0 Å². The number of hydrogen-bond acceptors (Lipinski definition) is 4. The number of carbonyl (C=O) groups excluding carboxylic acids is 1. The van der Waals surface area contributed by atoms with Crippen molar-refractivity contribution in [3.05, 3.63) is 54.0 Å². The Bertz CT molecular complexity index is 634. The van der Waals surface area contributed by atoms with Crippen LogP contribution in [0.25, 0.3) is 0 Å². The number of para-hydroxylation sites is 1. The Balaban J connectivity index is 1.97. The molecule has 0 fully saturated rings. The van der Waals surface area contributed by atoms with Gasteiger partial charge in [-0.05, 0) is 44.0 Å². The van der Waals surface area contributed by atoms with E-state index in [0.29, 0.717) is 17.9 Å². The largest absolute Gasteiger partial charge is 0.480 e. The van der Waals surface area contributed by atoms with Crippen molar-refractivity contribution in [2.45, 2.75) is 38.9 Å². The number of carbonyl (C=O) groups is 1. The van der Waals surface area contributed by atoms with E-state index in [1.165, 1.54) is 6.26 Å². The van der Waals surface area contributed by atoms with Crippen molar-refractivity contribution in [3.63, 3.8) is 0 Å². The Labute approximate surface area is 136 Å². The lowest BCUT2D eigenvalue weighted by molar-refractivity contribution is -0.129. The third-order valence-corrected chi connectivity index (χ3v) is 3.68. The minimum atomic E-state index is -1.26. The first kappa shape index (κ1) is 17.1. The minimum absolute atomic E-state index is 0.0486. The molecule has 0 aliphatic rings. The zero-order chi connectivity index (χ0) is 16.9. The number of rotatable bonds is 7. The summed E-state index contributed by atoms with van der Waals surface area (Å²) in [5, 5.41) is 13.1. The second-order valence-electron chi connectivity index (χ2n) is 5.75. The van der Waals surface area contributed by atoms with E-state index < -0.39 is 11.7 Å². The lowest BCUT2D eigenvalue weighted by Crippen LogP contribution is -2.44. The van der Waals surface area contributed by atoms with E-state index in [1.807, 2.05) is 38.1 Å². The number of aliphatic hydroxyl groups is 1. The molecule has 0 aliphatic carbocycles. The van der Waals surface area contributed by atoms with Gasteiger partial charge in [0.25, 0.3) is 5.91 Å². The van der Waals surface area contributed by atoms with Crippen LogP contribution < -0.4 is 10.1 Å². The lowest BCUT2D eigenvalue weighted by Gasteiger charge is -2.23. The first-order valence-corrected chi connectivity index (χ1v) is 7.70. The monoisotopic (exact) mass is 317 g/mol. The lowest BCUT2D eigenvalue weighted by atomic mass is 10.0. The number of amides is 1. The number of benzene rings is 1. The second-order valence-corrected chi connectivity index (χ2v) is 5.75. The number of furan rings is 1. The number of aryl methyl sites for hydroxylation is 1. The summed E-state index contributed by atoms with van der Waals surface area (Å²) >= 11 is 0. The number of nitrogens with one attached hydrogen (secondary N) is 1. The summed E-state index contributed by atoms with van der Waals surface area (Å²) in [5.74, 6) is 0.834. The molecule has 23 heavy (non-hydrogen) atoms. The molecule has 124 valence electrons. The van der Waals surface area contributed by atoms with Gasteiger partial charge >= 0.3 is 0 Å². The van der Waals surface area contributed by atoms with Crippen molar-refractivity contribution >= 4 is 5.91 Å². The summed E-state index contributed by atoms with van der Waals surface area (Å²) in [5.41, 5.74) is -0.290. The van der Waals surface area contributed by atoms with Crippen molar-refractivity contribution in [1.82, 2.24) is 5.32 Å².